The summed E-state index contributed by atoms with van der Waals surface area (Å²) in [4.78, 5) is 2.31. The third kappa shape index (κ3) is 4.07. The molecule has 9 aromatic carbocycles. The van der Waals surface area contributed by atoms with Gasteiger partial charge in [0.2, 0.25) is 0 Å². The highest BCUT2D eigenvalue weighted by atomic mass is 16.3. The molecule has 0 radical (unpaired) electrons. The van der Waals surface area contributed by atoms with Gasteiger partial charge in [-0.05, 0) is 92.0 Å². The van der Waals surface area contributed by atoms with Crippen LogP contribution in [0.3, 0.4) is 0 Å². The Morgan fingerprint density at radius 1 is 0.345 bits per heavy atom. The van der Waals surface area contributed by atoms with E-state index in [9.17, 15) is 0 Å². The van der Waals surface area contributed by atoms with Crippen LogP contribution in [-0.4, -0.2) is 0 Å². The van der Waals surface area contributed by atoms with Crippen LogP contribution in [0.4, 0.5) is 17.1 Å². The number of benzene rings is 9. The summed E-state index contributed by atoms with van der Waals surface area (Å²) in [6.45, 7) is 0. The Bertz CT molecular complexity index is 3420. The molecule has 0 saturated carbocycles. The molecular weight excluding hydrogens is 707 g/mol. The molecule has 0 N–H and O–H groups in total. The van der Waals surface area contributed by atoms with Crippen molar-refractivity contribution in [2.75, 3.05) is 4.90 Å². The van der Waals surface area contributed by atoms with Crippen molar-refractivity contribution in [3.63, 3.8) is 0 Å². The molecule has 0 atom stereocenters. The van der Waals surface area contributed by atoms with Gasteiger partial charge in [-0.25, -0.2) is 0 Å². The first-order valence-electron chi connectivity index (χ1n) is 19.9. The van der Waals surface area contributed by atoms with Gasteiger partial charge >= 0.3 is 0 Å². The predicted octanol–water partition coefficient (Wildman–Crippen LogP) is 15.0. The predicted molar refractivity (Wildman–Crippen MR) is 237 cm³/mol. The van der Waals surface area contributed by atoms with E-state index in [-0.39, 0.29) is 0 Å². The Labute approximate surface area is 334 Å². The summed E-state index contributed by atoms with van der Waals surface area (Å²) in [6.07, 6.45) is 0. The van der Waals surface area contributed by atoms with Gasteiger partial charge in [-0.3, -0.25) is 0 Å². The van der Waals surface area contributed by atoms with Crippen molar-refractivity contribution in [3.8, 4) is 33.4 Å². The monoisotopic (exact) mass is 739 g/mol. The average Bonchev–Trinajstić information content (AvgIpc) is 4.03. The zero-order valence-corrected chi connectivity index (χ0v) is 31.3. The second-order valence-corrected chi connectivity index (χ2v) is 15.5. The second kappa shape index (κ2) is 11.7. The highest BCUT2D eigenvalue weighted by Gasteiger charge is 2.52. The van der Waals surface area contributed by atoms with E-state index < -0.39 is 5.41 Å². The minimum Gasteiger partial charge on any atom is -0.454 e. The molecule has 2 aliphatic rings. The summed E-state index contributed by atoms with van der Waals surface area (Å²) in [6, 6.07) is 72.1. The van der Waals surface area contributed by atoms with Gasteiger partial charge in [0.1, 0.15) is 11.2 Å². The number of anilines is 3. The molecule has 0 fully saturated rings. The van der Waals surface area contributed by atoms with Crippen LogP contribution in [0.25, 0.3) is 77.3 Å². The molecule has 0 saturated heterocycles. The van der Waals surface area contributed by atoms with Gasteiger partial charge in [0.15, 0.2) is 11.2 Å². The van der Waals surface area contributed by atoms with Crippen molar-refractivity contribution in [1.82, 2.24) is 0 Å². The van der Waals surface area contributed by atoms with Crippen molar-refractivity contribution < 1.29 is 8.83 Å². The first-order chi connectivity index (χ1) is 28.8. The third-order valence-corrected chi connectivity index (χ3v) is 12.7. The second-order valence-electron chi connectivity index (χ2n) is 15.5. The normalized spacial score (nSPS) is 13.3. The molecular formula is C55H33NO2. The quantitative estimate of drug-likeness (QED) is 0.180. The van der Waals surface area contributed by atoms with Crippen molar-refractivity contribution in [2.24, 2.45) is 0 Å². The fraction of sp³-hybridized carbons (Fsp3) is 0.0182. The van der Waals surface area contributed by atoms with Gasteiger partial charge < -0.3 is 13.7 Å². The summed E-state index contributed by atoms with van der Waals surface area (Å²) in [7, 11) is 0. The van der Waals surface area contributed by atoms with Gasteiger partial charge in [0, 0.05) is 27.2 Å². The summed E-state index contributed by atoms with van der Waals surface area (Å²) in [5, 5.41) is 4.40. The van der Waals surface area contributed by atoms with Crippen molar-refractivity contribution in [3.05, 3.63) is 222 Å². The van der Waals surface area contributed by atoms with Gasteiger partial charge in [0.25, 0.3) is 0 Å². The zero-order chi connectivity index (χ0) is 38.0. The number of fused-ring (bicyclic) bond motifs is 17. The maximum Gasteiger partial charge on any atom is 0.159 e. The number of hydrogen-bond acceptors (Lipinski definition) is 3. The molecule has 0 amide bonds. The number of furan rings is 2. The topological polar surface area (TPSA) is 29.5 Å². The van der Waals surface area contributed by atoms with Crippen LogP contribution in [0.5, 0.6) is 0 Å². The van der Waals surface area contributed by atoms with E-state index in [1.807, 2.05) is 12.1 Å². The van der Waals surface area contributed by atoms with Crippen LogP contribution in [-0.2, 0) is 5.41 Å². The molecule has 270 valence electrons. The Kier molecular flexibility index (Phi) is 6.37. The van der Waals surface area contributed by atoms with Crippen LogP contribution >= 0.6 is 0 Å². The highest BCUT2D eigenvalue weighted by Crippen LogP contribution is 2.64. The average molecular weight is 740 g/mol. The molecule has 58 heavy (non-hydrogen) atoms. The number of para-hydroxylation sites is 3. The number of nitrogens with zero attached hydrogens (tertiary/aromatic N) is 1. The van der Waals surface area contributed by atoms with Crippen molar-refractivity contribution >= 4 is 60.9 Å². The van der Waals surface area contributed by atoms with E-state index in [0.29, 0.717) is 0 Å². The molecule has 11 aromatic rings. The zero-order valence-electron chi connectivity index (χ0n) is 31.3. The van der Waals surface area contributed by atoms with Crippen molar-refractivity contribution in [2.45, 2.75) is 5.41 Å². The van der Waals surface area contributed by atoms with Crippen LogP contribution in [0.2, 0.25) is 0 Å². The van der Waals surface area contributed by atoms with Crippen LogP contribution < -0.4 is 4.90 Å². The standard InChI is InChI=1S/C55H33NO2/c1-2-14-34(15-3-1)35-28-30-36(31-29-35)56(47-25-12-20-40-39-18-7-11-27-49(39)57-53(40)47)48-26-13-21-42-52-50(58-54(42)48)33-32-46-51(52)41-19-6-10-24-45(41)55(46)43-22-8-4-16-37(43)38-17-5-9-23-44(38)55/h1-33H. The lowest BCUT2D eigenvalue weighted by molar-refractivity contribution is 0.666. The van der Waals surface area contributed by atoms with Gasteiger partial charge in [-0.1, -0.05) is 164 Å². The molecule has 0 unspecified atom stereocenters. The van der Waals surface area contributed by atoms with E-state index in [4.69, 9.17) is 8.83 Å². The Morgan fingerprint density at radius 2 is 0.879 bits per heavy atom. The molecule has 2 aromatic heterocycles. The van der Waals surface area contributed by atoms with Gasteiger partial charge in [-0.15, -0.1) is 0 Å². The minimum atomic E-state index is -0.433. The first-order valence-corrected chi connectivity index (χ1v) is 19.9. The summed E-state index contributed by atoms with van der Waals surface area (Å²) >= 11 is 0. The molecule has 2 heterocycles. The summed E-state index contributed by atoms with van der Waals surface area (Å²) in [5.74, 6) is 0. The lowest BCUT2D eigenvalue weighted by atomic mass is 9.70. The summed E-state index contributed by atoms with van der Waals surface area (Å²) in [5.41, 5.74) is 18.6. The van der Waals surface area contributed by atoms with Crippen LogP contribution in [0.15, 0.2) is 209 Å². The van der Waals surface area contributed by atoms with E-state index in [0.717, 1.165) is 66.5 Å². The largest absolute Gasteiger partial charge is 0.454 e. The Morgan fingerprint density at radius 3 is 1.60 bits per heavy atom. The van der Waals surface area contributed by atoms with Gasteiger partial charge in [0.05, 0.1) is 16.8 Å². The Balaban J connectivity index is 1.09. The maximum atomic E-state index is 7.13. The highest BCUT2D eigenvalue weighted by molar-refractivity contribution is 6.19. The first kappa shape index (κ1) is 31.6. The maximum absolute atomic E-state index is 7.13. The fourth-order valence-corrected chi connectivity index (χ4v) is 10.4. The lowest BCUT2D eigenvalue weighted by Crippen LogP contribution is -2.25. The third-order valence-electron chi connectivity index (χ3n) is 12.7. The van der Waals surface area contributed by atoms with Crippen LogP contribution in [0.1, 0.15) is 22.3 Å². The summed E-state index contributed by atoms with van der Waals surface area (Å²) < 4.78 is 13.8. The molecule has 1 spiro atoms. The van der Waals surface area contributed by atoms with E-state index in [1.54, 1.807) is 0 Å². The molecule has 13 rings (SSSR count). The fourth-order valence-electron chi connectivity index (χ4n) is 10.4. The van der Waals surface area contributed by atoms with Crippen molar-refractivity contribution in [1.29, 1.82) is 0 Å². The molecule has 0 aliphatic heterocycles. The molecule has 0 bridgehead atoms. The van der Waals surface area contributed by atoms with Crippen LogP contribution in [0, 0.1) is 0 Å². The SMILES string of the molecule is c1ccc(-c2ccc(N(c3cccc4c3oc3ccccc34)c3cccc4c3oc3ccc5c(c34)-c3ccccc3C53c4ccccc4-c4ccccc43)cc2)cc1. The van der Waals surface area contributed by atoms with E-state index in [1.165, 1.54) is 50.1 Å². The Hall–Kier alpha value is -7.62. The number of hydrogen-bond donors (Lipinski definition) is 0. The van der Waals surface area contributed by atoms with Gasteiger partial charge in [-0.2, -0.15) is 0 Å². The minimum absolute atomic E-state index is 0.433. The molecule has 2 aliphatic carbocycles. The molecule has 3 heteroatoms. The van der Waals surface area contributed by atoms with E-state index in [2.05, 4.69) is 193 Å². The van der Waals surface area contributed by atoms with E-state index >= 15 is 0 Å². The molecule has 3 nitrogen and oxygen atoms in total. The number of rotatable bonds is 4. The smallest absolute Gasteiger partial charge is 0.159 e. The lowest BCUT2D eigenvalue weighted by Gasteiger charge is -2.30.